The Bertz CT molecular complexity index is 235. The second-order valence-electron chi connectivity index (χ2n) is 1.96. The molecule has 0 aliphatic heterocycles. The van der Waals surface area contributed by atoms with Gasteiger partial charge in [0.25, 0.3) is 0 Å². The van der Waals surface area contributed by atoms with Crippen molar-refractivity contribution >= 4 is 36.3 Å². The summed E-state index contributed by atoms with van der Waals surface area (Å²) in [4.78, 5) is 10.4. The van der Waals surface area contributed by atoms with Crippen LogP contribution in [0.25, 0.3) is 0 Å². The first-order valence-corrected chi connectivity index (χ1v) is 5.60. The SMILES string of the molecule is O=C(Cl)C[Se]c1ccccc1. The Morgan fingerprint density at radius 1 is 1.36 bits per heavy atom. The van der Waals surface area contributed by atoms with Crippen molar-refractivity contribution in [1.82, 2.24) is 0 Å². The first kappa shape index (κ1) is 8.79. The molecule has 0 spiro atoms. The van der Waals surface area contributed by atoms with E-state index < -0.39 is 0 Å². The molecule has 0 unspecified atom stereocenters. The van der Waals surface area contributed by atoms with Gasteiger partial charge in [0.2, 0.25) is 0 Å². The Morgan fingerprint density at radius 3 is 2.55 bits per heavy atom. The molecule has 0 saturated carbocycles. The maximum atomic E-state index is 10.4. The molecule has 1 aromatic rings. The van der Waals surface area contributed by atoms with Crippen LogP contribution in [0.4, 0.5) is 0 Å². The van der Waals surface area contributed by atoms with Crippen molar-refractivity contribution in [2.75, 3.05) is 0 Å². The molecule has 0 amide bonds. The van der Waals surface area contributed by atoms with E-state index in [1.54, 1.807) is 0 Å². The third-order valence-corrected chi connectivity index (χ3v) is 3.71. The molecule has 3 heteroatoms. The zero-order valence-corrected chi connectivity index (χ0v) is 8.26. The molecule has 58 valence electrons. The molecule has 0 radical (unpaired) electrons. The van der Waals surface area contributed by atoms with Crippen molar-refractivity contribution in [3.8, 4) is 0 Å². The molecule has 1 aromatic carbocycles. The third kappa shape index (κ3) is 3.57. The molecule has 0 N–H and O–H groups in total. The fraction of sp³-hybridized carbons (Fsp3) is 0.125. The van der Waals surface area contributed by atoms with Crippen LogP contribution in [0.3, 0.4) is 0 Å². The molecule has 1 rings (SSSR count). The minimum atomic E-state index is -0.242. The molecule has 0 aliphatic rings. The van der Waals surface area contributed by atoms with Crippen molar-refractivity contribution in [3.63, 3.8) is 0 Å². The van der Waals surface area contributed by atoms with Gasteiger partial charge in [-0.2, -0.15) is 0 Å². The van der Waals surface area contributed by atoms with E-state index in [1.165, 1.54) is 4.46 Å². The summed E-state index contributed by atoms with van der Waals surface area (Å²) < 4.78 is 1.22. The summed E-state index contributed by atoms with van der Waals surface area (Å²) in [5.41, 5.74) is 0. The predicted octanol–water partition coefficient (Wildman–Crippen LogP) is 1.20. The van der Waals surface area contributed by atoms with Crippen LogP contribution in [0, 0.1) is 0 Å². The third-order valence-electron chi connectivity index (χ3n) is 1.10. The van der Waals surface area contributed by atoms with Crippen molar-refractivity contribution in [3.05, 3.63) is 30.3 Å². The fourth-order valence-corrected chi connectivity index (χ4v) is 2.26. The van der Waals surface area contributed by atoms with Crippen molar-refractivity contribution in [1.29, 1.82) is 0 Å². The number of carbonyl (C=O) groups excluding carboxylic acids is 1. The molecular formula is C8H7ClOSe. The van der Waals surface area contributed by atoms with Gasteiger partial charge in [-0.25, -0.2) is 0 Å². The zero-order chi connectivity index (χ0) is 8.10. The molecule has 11 heavy (non-hydrogen) atoms. The Morgan fingerprint density at radius 2 is 2.00 bits per heavy atom. The van der Waals surface area contributed by atoms with Crippen LogP contribution in [0.1, 0.15) is 0 Å². The summed E-state index contributed by atoms with van der Waals surface area (Å²) in [7, 11) is 0. The average Bonchev–Trinajstić information content (AvgIpc) is 2.03. The van der Waals surface area contributed by atoms with Gasteiger partial charge in [0.15, 0.2) is 0 Å². The molecule has 0 aromatic heterocycles. The fourth-order valence-electron chi connectivity index (χ4n) is 0.657. The molecule has 0 fully saturated rings. The van der Waals surface area contributed by atoms with Crippen molar-refractivity contribution in [2.24, 2.45) is 0 Å². The molecular weight excluding hydrogens is 226 g/mol. The number of rotatable bonds is 3. The summed E-state index contributed by atoms with van der Waals surface area (Å²) in [6.07, 6.45) is 0. The first-order valence-electron chi connectivity index (χ1n) is 3.15. The van der Waals surface area contributed by atoms with Gasteiger partial charge in [0, 0.05) is 0 Å². The second kappa shape index (κ2) is 4.55. The monoisotopic (exact) mass is 234 g/mol. The van der Waals surface area contributed by atoms with Gasteiger partial charge in [-0.3, -0.25) is 0 Å². The van der Waals surface area contributed by atoms with E-state index >= 15 is 0 Å². The van der Waals surface area contributed by atoms with Crippen molar-refractivity contribution in [2.45, 2.75) is 5.32 Å². The van der Waals surface area contributed by atoms with Gasteiger partial charge in [0.1, 0.15) is 0 Å². The van der Waals surface area contributed by atoms with Crippen LogP contribution < -0.4 is 4.46 Å². The Kier molecular flexibility index (Phi) is 3.64. The van der Waals surface area contributed by atoms with Crippen LogP contribution in [-0.2, 0) is 4.79 Å². The van der Waals surface area contributed by atoms with Gasteiger partial charge in [-0.1, -0.05) is 0 Å². The number of halogens is 1. The van der Waals surface area contributed by atoms with E-state index in [0.29, 0.717) is 5.32 Å². The zero-order valence-electron chi connectivity index (χ0n) is 5.79. The molecule has 0 heterocycles. The number of carbonyl (C=O) groups is 1. The quantitative estimate of drug-likeness (QED) is 0.566. The van der Waals surface area contributed by atoms with Gasteiger partial charge in [-0.15, -0.1) is 0 Å². The molecule has 0 bridgehead atoms. The Balaban J connectivity index is 2.45. The predicted molar refractivity (Wildman–Crippen MR) is 47.5 cm³/mol. The normalized spacial score (nSPS) is 9.55. The molecule has 1 nitrogen and oxygen atoms in total. The second-order valence-corrected chi connectivity index (χ2v) is 4.58. The summed E-state index contributed by atoms with van der Waals surface area (Å²) in [6, 6.07) is 9.92. The van der Waals surface area contributed by atoms with Crippen LogP contribution in [0.15, 0.2) is 30.3 Å². The van der Waals surface area contributed by atoms with Crippen molar-refractivity contribution < 1.29 is 4.79 Å². The Hall–Kier alpha value is -0.301. The van der Waals surface area contributed by atoms with Gasteiger partial charge >= 0.3 is 76.7 Å². The average molecular weight is 234 g/mol. The van der Waals surface area contributed by atoms with E-state index in [2.05, 4.69) is 0 Å². The van der Waals surface area contributed by atoms with E-state index in [4.69, 9.17) is 11.6 Å². The topological polar surface area (TPSA) is 17.1 Å². The van der Waals surface area contributed by atoms with E-state index in [1.807, 2.05) is 30.3 Å². The summed E-state index contributed by atoms with van der Waals surface area (Å²) in [5, 5.41) is 0.243. The first-order chi connectivity index (χ1) is 5.29. The van der Waals surface area contributed by atoms with Gasteiger partial charge in [-0.05, 0) is 0 Å². The number of benzene rings is 1. The summed E-state index contributed by atoms with van der Waals surface area (Å²) >= 11 is 5.41. The number of hydrogen-bond acceptors (Lipinski definition) is 1. The summed E-state index contributed by atoms with van der Waals surface area (Å²) in [5.74, 6) is 0. The molecule has 0 saturated heterocycles. The van der Waals surface area contributed by atoms with E-state index in [-0.39, 0.29) is 20.2 Å². The Labute approximate surface area is 76.9 Å². The van der Waals surface area contributed by atoms with Gasteiger partial charge in [0.05, 0.1) is 0 Å². The van der Waals surface area contributed by atoms with Crippen LogP contribution in [0.2, 0.25) is 5.32 Å². The van der Waals surface area contributed by atoms with Gasteiger partial charge < -0.3 is 0 Å². The van der Waals surface area contributed by atoms with Crippen LogP contribution in [0.5, 0.6) is 0 Å². The van der Waals surface area contributed by atoms with E-state index in [9.17, 15) is 4.79 Å². The van der Waals surface area contributed by atoms with E-state index in [0.717, 1.165) is 0 Å². The van der Waals surface area contributed by atoms with Crippen LogP contribution >= 0.6 is 11.6 Å². The van der Waals surface area contributed by atoms with Crippen LogP contribution in [-0.4, -0.2) is 20.2 Å². The minimum absolute atomic E-state index is 0.208. The standard InChI is InChI=1S/C8H7ClOSe/c9-8(10)6-11-7-4-2-1-3-5-7/h1-5H,6H2. The number of hydrogen-bond donors (Lipinski definition) is 0. The summed E-state index contributed by atoms with van der Waals surface area (Å²) in [6.45, 7) is 0. The maximum absolute atomic E-state index is 10.4. The molecule has 0 aliphatic carbocycles. The molecule has 0 atom stereocenters.